The summed E-state index contributed by atoms with van der Waals surface area (Å²) in [6.07, 6.45) is 1.40. The number of ether oxygens (including phenoxy) is 2. The molecule has 0 spiro atoms. The van der Waals surface area contributed by atoms with Gasteiger partial charge in [-0.05, 0) is 63.6 Å². The third kappa shape index (κ3) is 6.73. The van der Waals surface area contributed by atoms with Crippen LogP contribution in [0, 0.1) is 16.7 Å². The Bertz CT molecular complexity index is 842. The first-order valence-corrected chi connectivity index (χ1v) is 12.1. The Morgan fingerprint density at radius 2 is 1.65 bits per heavy atom. The molecule has 0 radical (unpaired) electrons. The van der Waals surface area contributed by atoms with Crippen molar-refractivity contribution < 1.29 is 23.9 Å². The summed E-state index contributed by atoms with van der Waals surface area (Å²) in [7, 11) is 3.14. The van der Waals surface area contributed by atoms with Crippen LogP contribution in [-0.4, -0.2) is 43.6 Å². The van der Waals surface area contributed by atoms with E-state index in [0.717, 1.165) is 11.3 Å². The summed E-state index contributed by atoms with van der Waals surface area (Å²) in [5.41, 5.74) is -0.180. The van der Waals surface area contributed by atoms with E-state index in [1.807, 2.05) is 86.7 Å². The van der Waals surface area contributed by atoms with Crippen molar-refractivity contribution in [1.29, 1.82) is 0 Å². The van der Waals surface area contributed by atoms with Crippen molar-refractivity contribution in [2.24, 2.45) is 16.7 Å². The number of methoxy groups -OCH3 is 1. The third-order valence-corrected chi connectivity index (χ3v) is 6.88. The average Bonchev–Trinajstić information content (AvgIpc) is 3.03. The van der Waals surface area contributed by atoms with Crippen LogP contribution in [0.15, 0.2) is 24.3 Å². The minimum Gasteiger partial charge on any atom is -0.467 e. The molecule has 0 saturated heterocycles. The zero-order valence-electron chi connectivity index (χ0n) is 22.6. The fourth-order valence-electron chi connectivity index (χ4n) is 4.37. The predicted molar refractivity (Wildman–Crippen MR) is 135 cm³/mol. The normalized spacial score (nSPS) is 22.0. The van der Waals surface area contributed by atoms with E-state index in [4.69, 9.17) is 9.47 Å². The van der Waals surface area contributed by atoms with Crippen LogP contribution in [0.1, 0.15) is 73.8 Å². The van der Waals surface area contributed by atoms with Gasteiger partial charge in [0, 0.05) is 25.1 Å². The van der Waals surface area contributed by atoms with Crippen LogP contribution in [0.3, 0.4) is 0 Å². The molecule has 1 aromatic rings. The lowest BCUT2D eigenvalue weighted by Gasteiger charge is -2.40. The van der Waals surface area contributed by atoms with Crippen LogP contribution < -0.4 is 10.6 Å². The molecule has 3 atom stereocenters. The monoisotopic (exact) mass is 476 g/mol. The molecule has 1 fully saturated rings. The minimum absolute atomic E-state index is 0.246. The van der Waals surface area contributed by atoms with Crippen molar-refractivity contribution in [3.63, 3.8) is 0 Å². The van der Waals surface area contributed by atoms with Crippen molar-refractivity contribution in [3.8, 4) is 0 Å². The molecule has 1 aromatic carbocycles. The molecule has 0 aliphatic heterocycles. The van der Waals surface area contributed by atoms with Crippen molar-refractivity contribution >= 4 is 23.5 Å². The largest absolute Gasteiger partial charge is 0.467 e. The van der Waals surface area contributed by atoms with Crippen molar-refractivity contribution in [2.45, 2.75) is 86.3 Å². The lowest BCUT2D eigenvalue weighted by molar-refractivity contribution is -0.173. The highest BCUT2D eigenvalue weighted by Gasteiger charge is 2.59. The summed E-state index contributed by atoms with van der Waals surface area (Å²) in [5, 5.41) is 5.94. The Kier molecular flexibility index (Phi) is 10.2. The first kappa shape index (κ1) is 29.5. The van der Waals surface area contributed by atoms with E-state index in [1.54, 1.807) is 0 Å². The second-order valence-corrected chi connectivity index (χ2v) is 10.4. The number of carbonyl (C=O) groups is 3. The smallest absolute Gasteiger partial charge is 0.328 e. The van der Waals surface area contributed by atoms with E-state index in [9.17, 15) is 14.4 Å². The number of amides is 1. The van der Waals surface area contributed by atoms with E-state index >= 15 is 0 Å². The van der Waals surface area contributed by atoms with Crippen LogP contribution in [0.5, 0.6) is 0 Å². The molecule has 34 heavy (non-hydrogen) atoms. The molecular weight excluding hydrogens is 432 g/mol. The summed E-state index contributed by atoms with van der Waals surface area (Å²) < 4.78 is 10.6. The van der Waals surface area contributed by atoms with Crippen molar-refractivity contribution in [2.75, 3.05) is 19.5 Å². The Morgan fingerprint density at radius 3 is 2.12 bits per heavy atom. The Hall–Kier alpha value is -2.57. The highest BCUT2D eigenvalue weighted by atomic mass is 16.6. The number of hydrogen-bond donors (Lipinski definition) is 2. The molecule has 1 saturated carbocycles. The zero-order chi connectivity index (χ0) is 26.3. The molecule has 192 valence electrons. The van der Waals surface area contributed by atoms with Gasteiger partial charge in [-0.3, -0.25) is 9.59 Å². The van der Waals surface area contributed by atoms with Gasteiger partial charge in [-0.25, -0.2) is 4.79 Å². The molecule has 0 unspecified atom stereocenters. The first-order valence-electron chi connectivity index (χ1n) is 12.1. The van der Waals surface area contributed by atoms with E-state index in [1.165, 1.54) is 7.11 Å². The van der Waals surface area contributed by atoms with Crippen LogP contribution in [0.2, 0.25) is 0 Å². The quantitative estimate of drug-likeness (QED) is 0.552. The topological polar surface area (TPSA) is 93.7 Å². The maximum Gasteiger partial charge on any atom is 0.328 e. The van der Waals surface area contributed by atoms with Crippen LogP contribution in [-0.2, 0) is 30.3 Å². The summed E-state index contributed by atoms with van der Waals surface area (Å²) in [6, 6.07) is 6.84. The fourth-order valence-corrected chi connectivity index (χ4v) is 4.37. The summed E-state index contributed by atoms with van der Waals surface area (Å²) in [5.74, 6) is -1.47. The van der Waals surface area contributed by atoms with Crippen molar-refractivity contribution in [3.05, 3.63) is 29.8 Å². The van der Waals surface area contributed by atoms with Gasteiger partial charge in [0.2, 0.25) is 5.91 Å². The van der Waals surface area contributed by atoms with Gasteiger partial charge < -0.3 is 20.1 Å². The molecule has 7 heteroatoms. The number of benzene rings is 1. The number of carbonyl (C=O) groups excluding carboxylic acids is 3. The SMILES string of the molecule is CC.CNc1ccc(C[C@H](NC(=O)[C@H]2CC[C@@](C)(C(=O)OC(C)(C)C)C2(C)C)C(=O)OC)cc1. The molecule has 1 aliphatic carbocycles. The van der Waals surface area contributed by atoms with Gasteiger partial charge in [-0.1, -0.05) is 39.8 Å². The molecule has 7 nitrogen and oxygen atoms in total. The van der Waals surface area contributed by atoms with E-state index in [0.29, 0.717) is 19.3 Å². The minimum atomic E-state index is -0.808. The van der Waals surface area contributed by atoms with Gasteiger partial charge in [0.1, 0.15) is 11.6 Å². The number of esters is 2. The zero-order valence-corrected chi connectivity index (χ0v) is 22.6. The lowest BCUT2D eigenvalue weighted by atomic mass is 9.65. The van der Waals surface area contributed by atoms with Gasteiger partial charge in [0.25, 0.3) is 0 Å². The van der Waals surface area contributed by atoms with Crippen LogP contribution >= 0.6 is 0 Å². The molecule has 0 aromatic heterocycles. The number of anilines is 1. The Morgan fingerprint density at radius 1 is 1.09 bits per heavy atom. The third-order valence-electron chi connectivity index (χ3n) is 6.88. The molecule has 0 bridgehead atoms. The van der Waals surface area contributed by atoms with E-state index in [-0.39, 0.29) is 11.9 Å². The molecule has 2 rings (SSSR count). The standard InChI is InChI=1S/C25H38N2O5.C2H6/c1-23(2,3)32-22(30)25(6)14-13-18(24(25,4)5)20(28)27-19(21(29)31-8)15-16-9-11-17(26-7)12-10-16;1-2/h9-12,18-19,26H,13-15H2,1-8H3,(H,27,28);1-2H3/t18-,19+,25+;/m1./s1. The number of rotatable bonds is 7. The average molecular weight is 477 g/mol. The Labute approximate surface area is 205 Å². The summed E-state index contributed by atoms with van der Waals surface area (Å²) in [6.45, 7) is 15.2. The van der Waals surface area contributed by atoms with Crippen molar-refractivity contribution in [1.82, 2.24) is 5.32 Å². The number of hydrogen-bond acceptors (Lipinski definition) is 6. The molecule has 1 aliphatic rings. The van der Waals surface area contributed by atoms with Gasteiger partial charge >= 0.3 is 11.9 Å². The van der Waals surface area contributed by atoms with Crippen LogP contribution in [0.4, 0.5) is 5.69 Å². The number of nitrogens with one attached hydrogen (secondary N) is 2. The molecule has 0 heterocycles. The first-order chi connectivity index (χ1) is 15.7. The second-order valence-electron chi connectivity index (χ2n) is 10.4. The van der Waals surface area contributed by atoms with Gasteiger partial charge in [0.15, 0.2) is 0 Å². The highest BCUT2D eigenvalue weighted by Crippen LogP contribution is 2.57. The maximum absolute atomic E-state index is 13.3. The Balaban J connectivity index is 0.00000281. The fraction of sp³-hybridized carbons (Fsp3) is 0.667. The highest BCUT2D eigenvalue weighted by molar-refractivity contribution is 5.88. The lowest BCUT2D eigenvalue weighted by Crippen LogP contribution is -2.51. The van der Waals surface area contributed by atoms with Gasteiger partial charge in [0.05, 0.1) is 12.5 Å². The summed E-state index contributed by atoms with van der Waals surface area (Å²) >= 11 is 0. The molecule has 2 N–H and O–H groups in total. The van der Waals surface area contributed by atoms with Gasteiger partial charge in [-0.2, -0.15) is 0 Å². The van der Waals surface area contributed by atoms with E-state index < -0.39 is 34.4 Å². The summed E-state index contributed by atoms with van der Waals surface area (Å²) in [4.78, 5) is 38.7. The molecular formula is C27H44N2O5. The van der Waals surface area contributed by atoms with Crippen LogP contribution in [0.25, 0.3) is 0 Å². The van der Waals surface area contributed by atoms with Gasteiger partial charge in [-0.15, -0.1) is 0 Å². The van der Waals surface area contributed by atoms with E-state index in [2.05, 4.69) is 10.6 Å². The second kappa shape index (κ2) is 11.7. The molecule has 1 amide bonds. The maximum atomic E-state index is 13.3. The predicted octanol–water partition coefficient (Wildman–Crippen LogP) is 4.74.